The fourth-order valence-electron chi connectivity index (χ4n) is 1.28. The molecule has 0 saturated carbocycles. The first-order chi connectivity index (χ1) is 7.29. The lowest BCUT2D eigenvalue weighted by atomic mass is 10.1. The first kappa shape index (κ1) is 9.54. The monoisotopic (exact) mass is 202 g/mol. The first-order valence-corrected chi connectivity index (χ1v) is 4.43. The molecule has 15 heavy (non-hydrogen) atoms. The Morgan fingerprint density at radius 1 is 1.20 bits per heavy atom. The molecule has 0 aliphatic carbocycles. The summed E-state index contributed by atoms with van der Waals surface area (Å²) < 4.78 is 0. The number of aliphatic hydroxyl groups excluding tert-OH is 1. The molecule has 0 aromatic carbocycles. The van der Waals surface area contributed by atoms with Gasteiger partial charge in [-0.3, -0.25) is 0 Å². The Morgan fingerprint density at radius 3 is 2.73 bits per heavy atom. The summed E-state index contributed by atoms with van der Waals surface area (Å²) in [6.07, 6.45) is 3.66. The van der Waals surface area contributed by atoms with Gasteiger partial charge in [0.1, 0.15) is 18.2 Å². The van der Waals surface area contributed by atoms with E-state index in [0.717, 1.165) is 0 Å². The molecule has 1 unspecified atom stereocenters. The Labute approximate surface area is 86.6 Å². The number of aliphatic hydroxyl groups is 1. The van der Waals surface area contributed by atoms with Gasteiger partial charge in [0.05, 0.1) is 5.69 Å². The van der Waals surface area contributed by atoms with Crippen LogP contribution in [0, 0.1) is 0 Å². The van der Waals surface area contributed by atoms with E-state index in [9.17, 15) is 5.11 Å². The summed E-state index contributed by atoms with van der Waals surface area (Å²) in [5.41, 5.74) is 6.70. The number of hydrogen-bond acceptors (Lipinski definition) is 5. The average molecular weight is 202 g/mol. The van der Waals surface area contributed by atoms with Crippen molar-refractivity contribution in [3.63, 3.8) is 0 Å². The van der Waals surface area contributed by atoms with Crippen LogP contribution in [0.3, 0.4) is 0 Å². The van der Waals surface area contributed by atoms with Crippen LogP contribution in [0.5, 0.6) is 0 Å². The fourth-order valence-corrected chi connectivity index (χ4v) is 1.28. The van der Waals surface area contributed by atoms with Gasteiger partial charge >= 0.3 is 0 Å². The third-order valence-electron chi connectivity index (χ3n) is 2.05. The lowest BCUT2D eigenvalue weighted by Crippen LogP contribution is -2.06. The molecule has 76 valence electrons. The number of hydrogen-bond donors (Lipinski definition) is 2. The van der Waals surface area contributed by atoms with Crippen molar-refractivity contribution < 1.29 is 5.11 Å². The Balaban J connectivity index is 2.37. The SMILES string of the molecule is Nc1ncccc1C(O)c1ccncn1. The molecule has 5 nitrogen and oxygen atoms in total. The Hall–Kier alpha value is -2.01. The number of nitrogens with two attached hydrogens (primary N) is 1. The third kappa shape index (κ3) is 1.92. The van der Waals surface area contributed by atoms with Crippen molar-refractivity contribution in [2.24, 2.45) is 0 Å². The highest BCUT2D eigenvalue weighted by atomic mass is 16.3. The van der Waals surface area contributed by atoms with Crippen LogP contribution >= 0.6 is 0 Å². The quantitative estimate of drug-likeness (QED) is 0.742. The maximum absolute atomic E-state index is 9.96. The van der Waals surface area contributed by atoms with Gasteiger partial charge in [-0.25, -0.2) is 15.0 Å². The molecule has 2 aromatic rings. The van der Waals surface area contributed by atoms with Crippen molar-refractivity contribution in [3.05, 3.63) is 48.2 Å². The van der Waals surface area contributed by atoms with Crippen LogP contribution in [0.2, 0.25) is 0 Å². The zero-order valence-electron chi connectivity index (χ0n) is 7.91. The number of rotatable bonds is 2. The van der Waals surface area contributed by atoms with E-state index >= 15 is 0 Å². The summed E-state index contributed by atoms with van der Waals surface area (Å²) >= 11 is 0. The zero-order valence-corrected chi connectivity index (χ0v) is 7.91. The van der Waals surface area contributed by atoms with Gasteiger partial charge in [0, 0.05) is 18.0 Å². The van der Waals surface area contributed by atoms with E-state index < -0.39 is 6.10 Å². The minimum Gasteiger partial charge on any atom is -0.383 e. The van der Waals surface area contributed by atoms with Crippen LogP contribution in [0.1, 0.15) is 17.4 Å². The number of nitrogen functional groups attached to an aromatic ring is 1. The molecule has 0 bridgehead atoms. The minimum absolute atomic E-state index is 0.309. The summed E-state index contributed by atoms with van der Waals surface area (Å²) in [6, 6.07) is 5.07. The Kier molecular flexibility index (Phi) is 2.55. The zero-order chi connectivity index (χ0) is 10.7. The van der Waals surface area contributed by atoms with E-state index in [0.29, 0.717) is 17.1 Å². The predicted molar refractivity (Wildman–Crippen MR) is 54.7 cm³/mol. The Bertz CT molecular complexity index is 446. The normalized spacial score (nSPS) is 12.3. The average Bonchev–Trinajstić information content (AvgIpc) is 2.30. The summed E-state index contributed by atoms with van der Waals surface area (Å²) in [7, 11) is 0. The van der Waals surface area contributed by atoms with E-state index in [1.54, 1.807) is 30.6 Å². The molecule has 0 aliphatic rings. The second-order valence-corrected chi connectivity index (χ2v) is 3.01. The number of aromatic nitrogens is 3. The van der Waals surface area contributed by atoms with E-state index in [-0.39, 0.29) is 0 Å². The molecular weight excluding hydrogens is 192 g/mol. The lowest BCUT2D eigenvalue weighted by molar-refractivity contribution is 0.215. The van der Waals surface area contributed by atoms with E-state index in [4.69, 9.17) is 5.73 Å². The molecule has 1 atom stereocenters. The molecule has 0 spiro atoms. The largest absolute Gasteiger partial charge is 0.383 e. The lowest BCUT2D eigenvalue weighted by Gasteiger charge is -2.11. The summed E-state index contributed by atoms with van der Waals surface area (Å²) in [6.45, 7) is 0. The molecule has 0 amide bonds. The maximum atomic E-state index is 9.96. The van der Waals surface area contributed by atoms with Gasteiger partial charge in [0.2, 0.25) is 0 Å². The highest BCUT2D eigenvalue weighted by Crippen LogP contribution is 2.22. The van der Waals surface area contributed by atoms with Crippen molar-refractivity contribution in [3.8, 4) is 0 Å². The first-order valence-electron chi connectivity index (χ1n) is 4.43. The fraction of sp³-hybridized carbons (Fsp3) is 0.100. The van der Waals surface area contributed by atoms with Gasteiger partial charge in [-0.15, -0.1) is 0 Å². The van der Waals surface area contributed by atoms with Crippen molar-refractivity contribution in [1.82, 2.24) is 15.0 Å². The number of nitrogens with zero attached hydrogens (tertiary/aromatic N) is 3. The minimum atomic E-state index is -0.860. The molecule has 0 aliphatic heterocycles. The van der Waals surface area contributed by atoms with Crippen LogP contribution in [0.4, 0.5) is 5.82 Å². The topological polar surface area (TPSA) is 84.9 Å². The summed E-state index contributed by atoms with van der Waals surface area (Å²) in [4.78, 5) is 11.6. The maximum Gasteiger partial charge on any atom is 0.129 e. The van der Waals surface area contributed by atoms with Crippen LogP contribution in [0.15, 0.2) is 36.9 Å². The molecule has 0 fully saturated rings. The van der Waals surface area contributed by atoms with Crippen molar-refractivity contribution in [1.29, 1.82) is 0 Å². The molecule has 2 rings (SSSR count). The van der Waals surface area contributed by atoms with Crippen molar-refractivity contribution >= 4 is 5.82 Å². The molecule has 2 heterocycles. The number of pyridine rings is 1. The summed E-state index contributed by atoms with van der Waals surface area (Å²) in [5.74, 6) is 0.309. The third-order valence-corrected chi connectivity index (χ3v) is 2.05. The van der Waals surface area contributed by atoms with Gasteiger partial charge in [-0.1, -0.05) is 6.07 Å². The Morgan fingerprint density at radius 2 is 2.07 bits per heavy atom. The van der Waals surface area contributed by atoms with Crippen LogP contribution in [-0.2, 0) is 0 Å². The number of anilines is 1. The second-order valence-electron chi connectivity index (χ2n) is 3.01. The molecular formula is C10H10N4O. The van der Waals surface area contributed by atoms with Gasteiger partial charge < -0.3 is 10.8 Å². The van der Waals surface area contributed by atoms with Crippen LogP contribution < -0.4 is 5.73 Å². The second kappa shape index (κ2) is 4.02. The van der Waals surface area contributed by atoms with E-state index in [2.05, 4.69) is 15.0 Å². The van der Waals surface area contributed by atoms with Crippen molar-refractivity contribution in [2.45, 2.75) is 6.10 Å². The molecule has 0 saturated heterocycles. The standard InChI is InChI=1S/C10H10N4O/c11-10-7(2-1-4-13-10)9(15)8-3-5-12-6-14-8/h1-6,9,15H,(H2,11,13). The van der Waals surface area contributed by atoms with Crippen LogP contribution in [-0.4, -0.2) is 20.1 Å². The van der Waals surface area contributed by atoms with Gasteiger partial charge in [-0.05, 0) is 12.1 Å². The van der Waals surface area contributed by atoms with E-state index in [1.807, 2.05) is 0 Å². The molecule has 3 N–H and O–H groups in total. The van der Waals surface area contributed by atoms with Gasteiger partial charge in [0.25, 0.3) is 0 Å². The smallest absolute Gasteiger partial charge is 0.129 e. The molecule has 0 radical (unpaired) electrons. The summed E-state index contributed by atoms with van der Waals surface area (Å²) in [5, 5.41) is 9.96. The van der Waals surface area contributed by atoms with Crippen molar-refractivity contribution in [2.75, 3.05) is 5.73 Å². The molecule has 2 aromatic heterocycles. The van der Waals surface area contributed by atoms with E-state index in [1.165, 1.54) is 6.33 Å². The van der Waals surface area contributed by atoms with Gasteiger partial charge in [-0.2, -0.15) is 0 Å². The van der Waals surface area contributed by atoms with Crippen LogP contribution in [0.25, 0.3) is 0 Å². The van der Waals surface area contributed by atoms with Gasteiger partial charge in [0.15, 0.2) is 0 Å². The predicted octanol–water partition coefficient (Wildman–Crippen LogP) is 0.536. The highest BCUT2D eigenvalue weighted by molar-refractivity contribution is 5.42. The highest BCUT2D eigenvalue weighted by Gasteiger charge is 2.14. The molecule has 5 heteroatoms.